The van der Waals surface area contributed by atoms with Gasteiger partial charge >= 0.3 is 0 Å². The fraction of sp³-hybridized carbons (Fsp3) is 0. The molecule has 0 saturated heterocycles. The van der Waals surface area contributed by atoms with E-state index in [0.717, 1.165) is 10.1 Å². The molecule has 2 heterocycles. The molecule has 0 aliphatic carbocycles. The summed E-state index contributed by atoms with van der Waals surface area (Å²) in [6.07, 6.45) is 0. The smallest absolute Gasteiger partial charge is 0.266 e. The number of hydrogen-bond acceptors (Lipinski definition) is 3. The number of carbonyl (C=O) groups is 1. The number of thiophene rings is 1. The van der Waals surface area contributed by atoms with Crippen molar-refractivity contribution in [3.05, 3.63) is 58.6 Å². The predicted molar refractivity (Wildman–Crippen MR) is 79.0 cm³/mol. The molecule has 0 fully saturated rings. The van der Waals surface area contributed by atoms with Gasteiger partial charge in [-0.3, -0.25) is 4.79 Å². The summed E-state index contributed by atoms with van der Waals surface area (Å²) in [6, 6.07) is 14.9. The van der Waals surface area contributed by atoms with Gasteiger partial charge < -0.3 is 5.32 Å². The fourth-order valence-corrected chi connectivity index (χ4v) is 2.87. The van der Waals surface area contributed by atoms with Crippen LogP contribution in [0.3, 0.4) is 0 Å². The number of amides is 1. The molecule has 0 aliphatic rings. The van der Waals surface area contributed by atoms with Crippen LogP contribution in [0.5, 0.6) is 0 Å². The Bertz CT molecular complexity index is 721. The third kappa shape index (κ3) is 2.59. The SMILES string of the molecule is O=C(Nc1cccc(Cl)n1)c1cc2ccccc2s1. The van der Waals surface area contributed by atoms with Gasteiger partial charge in [-0.05, 0) is 29.7 Å². The summed E-state index contributed by atoms with van der Waals surface area (Å²) in [6.45, 7) is 0. The van der Waals surface area contributed by atoms with Crippen molar-refractivity contribution in [1.82, 2.24) is 4.98 Å². The average Bonchev–Trinajstić information content (AvgIpc) is 2.82. The Balaban J connectivity index is 1.87. The molecule has 1 aromatic carbocycles. The fourth-order valence-electron chi connectivity index (χ4n) is 1.75. The van der Waals surface area contributed by atoms with Crippen LogP contribution in [0, 0.1) is 0 Å². The number of aromatic nitrogens is 1. The molecule has 0 bridgehead atoms. The Kier molecular flexibility index (Phi) is 3.19. The van der Waals surface area contributed by atoms with E-state index < -0.39 is 0 Å². The van der Waals surface area contributed by atoms with E-state index in [1.54, 1.807) is 18.2 Å². The van der Waals surface area contributed by atoms with Gasteiger partial charge in [0.05, 0.1) is 4.88 Å². The Labute approximate surface area is 118 Å². The molecule has 5 heteroatoms. The van der Waals surface area contributed by atoms with Gasteiger partial charge in [0.15, 0.2) is 0 Å². The first-order chi connectivity index (χ1) is 9.22. The Hall–Kier alpha value is -1.91. The molecule has 1 amide bonds. The molecule has 94 valence electrons. The summed E-state index contributed by atoms with van der Waals surface area (Å²) in [5.74, 6) is 0.283. The van der Waals surface area contributed by atoms with Gasteiger partial charge in [-0.25, -0.2) is 4.98 Å². The van der Waals surface area contributed by atoms with Gasteiger partial charge in [-0.1, -0.05) is 35.9 Å². The molecular weight excluding hydrogens is 280 g/mol. The van der Waals surface area contributed by atoms with E-state index in [9.17, 15) is 4.79 Å². The number of rotatable bonds is 2. The van der Waals surface area contributed by atoms with Crippen molar-refractivity contribution in [3.8, 4) is 0 Å². The second-order valence-corrected chi connectivity index (χ2v) is 5.42. The molecule has 2 aromatic heterocycles. The van der Waals surface area contributed by atoms with Crippen LogP contribution < -0.4 is 5.32 Å². The summed E-state index contributed by atoms with van der Waals surface area (Å²) >= 11 is 7.23. The van der Waals surface area contributed by atoms with Crippen LogP contribution in [0.1, 0.15) is 9.67 Å². The van der Waals surface area contributed by atoms with Gasteiger partial charge in [0.1, 0.15) is 11.0 Å². The molecule has 1 N–H and O–H groups in total. The van der Waals surface area contributed by atoms with Crippen molar-refractivity contribution in [2.24, 2.45) is 0 Å². The highest BCUT2D eigenvalue weighted by Crippen LogP contribution is 2.25. The number of hydrogen-bond donors (Lipinski definition) is 1. The third-order valence-corrected chi connectivity index (χ3v) is 3.93. The minimum Gasteiger partial charge on any atom is -0.306 e. The molecule has 0 unspecified atom stereocenters. The first-order valence-corrected chi connectivity index (χ1v) is 6.84. The van der Waals surface area contributed by atoms with E-state index in [2.05, 4.69) is 10.3 Å². The minimum absolute atomic E-state index is 0.170. The van der Waals surface area contributed by atoms with Gasteiger partial charge in [-0.15, -0.1) is 11.3 Å². The highest BCUT2D eigenvalue weighted by molar-refractivity contribution is 7.20. The van der Waals surface area contributed by atoms with E-state index >= 15 is 0 Å². The highest BCUT2D eigenvalue weighted by Gasteiger charge is 2.10. The van der Waals surface area contributed by atoms with Crippen LogP contribution >= 0.6 is 22.9 Å². The molecule has 3 aromatic rings. The zero-order chi connectivity index (χ0) is 13.2. The summed E-state index contributed by atoms with van der Waals surface area (Å²) in [5, 5.41) is 4.16. The number of nitrogens with zero attached hydrogens (tertiary/aromatic N) is 1. The van der Waals surface area contributed by atoms with Gasteiger partial charge in [-0.2, -0.15) is 0 Å². The average molecular weight is 289 g/mol. The van der Waals surface area contributed by atoms with Gasteiger partial charge in [0.2, 0.25) is 0 Å². The quantitative estimate of drug-likeness (QED) is 0.718. The predicted octanol–water partition coefficient (Wildman–Crippen LogP) is 4.20. The first kappa shape index (κ1) is 12.1. The van der Waals surface area contributed by atoms with Crippen LogP contribution in [-0.4, -0.2) is 10.9 Å². The van der Waals surface area contributed by atoms with Crippen LogP contribution in [0.15, 0.2) is 48.5 Å². The molecule has 3 rings (SSSR count). The van der Waals surface area contributed by atoms with E-state index in [1.807, 2.05) is 30.3 Å². The summed E-state index contributed by atoms with van der Waals surface area (Å²) in [4.78, 5) is 16.8. The van der Waals surface area contributed by atoms with E-state index in [4.69, 9.17) is 11.6 Å². The molecule has 0 spiro atoms. The van der Waals surface area contributed by atoms with E-state index in [-0.39, 0.29) is 5.91 Å². The van der Waals surface area contributed by atoms with Crippen molar-refractivity contribution < 1.29 is 4.79 Å². The lowest BCUT2D eigenvalue weighted by Crippen LogP contribution is -2.11. The lowest BCUT2D eigenvalue weighted by atomic mass is 10.2. The molecule has 0 radical (unpaired) electrons. The molecule has 0 atom stereocenters. The number of nitrogens with one attached hydrogen (secondary N) is 1. The molecule has 19 heavy (non-hydrogen) atoms. The normalized spacial score (nSPS) is 10.6. The summed E-state index contributed by atoms with van der Waals surface area (Å²) < 4.78 is 1.09. The number of halogens is 1. The summed E-state index contributed by atoms with van der Waals surface area (Å²) in [7, 11) is 0. The maximum atomic E-state index is 12.1. The standard InChI is InChI=1S/C14H9ClN2OS/c15-12-6-3-7-13(16-12)17-14(18)11-8-9-4-1-2-5-10(9)19-11/h1-8H,(H,16,17,18). The Morgan fingerprint density at radius 1 is 1.16 bits per heavy atom. The van der Waals surface area contributed by atoms with Crippen LogP contribution in [0.2, 0.25) is 5.15 Å². The number of fused-ring (bicyclic) bond motifs is 1. The molecule has 0 aliphatic heterocycles. The second-order valence-electron chi connectivity index (χ2n) is 3.95. The lowest BCUT2D eigenvalue weighted by Gasteiger charge is -2.02. The first-order valence-electron chi connectivity index (χ1n) is 5.65. The Morgan fingerprint density at radius 2 is 2.00 bits per heavy atom. The number of benzene rings is 1. The maximum Gasteiger partial charge on any atom is 0.266 e. The Morgan fingerprint density at radius 3 is 2.79 bits per heavy atom. The van der Waals surface area contributed by atoms with Crippen LogP contribution in [-0.2, 0) is 0 Å². The van der Waals surface area contributed by atoms with Crippen molar-refractivity contribution in [2.45, 2.75) is 0 Å². The number of carbonyl (C=O) groups excluding carboxylic acids is 1. The van der Waals surface area contributed by atoms with E-state index in [1.165, 1.54) is 11.3 Å². The van der Waals surface area contributed by atoms with E-state index in [0.29, 0.717) is 15.8 Å². The van der Waals surface area contributed by atoms with Crippen LogP contribution in [0.4, 0.5) is 5.82 Å². The molecular formula is C14H9ClN2OS. The highest BCUT2D eigenvalue weighted by atomic mass is 35.5. The minimum atomic E-state index is -0.170. The van der Waals surface area contributed by atoms with Crippen molar-refractivity contribution in [1.29, 1.82) is 0 Å². The third-order valence-electron chi connectivity index (χ3n) is 2.61. The summed E-state index contributed by atoms with van der Waals surface area (Å²) in [5.41, 5.74) is 0. The zero-order valence-electron chi connectivity index (χ0n) is 9.76. The topological polar surface area (TPSA) is 42.0 Å². The number of pyridine rings is 1. The largest absolute Gasteiger partial charge is 0.306 e. The maximum absolute atomic E-state index is 12.1. The lowest BCUT2D eigenvalue weighted by molar-refractivity contribution is 0.103. The molecule has 3 nitrogen and oxygen atoms in total. The van der Waals surface area contributed by atoms with Crippen molar-refractivity contribution in [2.75, 3.05) is 5.32 Å². The zero-order valence-corrected chi connectivity index (χ0v) is 11.3. The van der Waals surface area contributed by atoms with Crippen LogP contribution in [0.25, 0.3) is 10.1 Å². The second kappa shape index (κ2) is 4.99. The monoisotopic (exact) mass is 288 g/mol. The van der Waals surface area contributed by atoms with Gasteiger partial charge in [0, 0.05) is 4.70 Å². The van der Waals surface area contributed by atoms with Crippen molar-refractivity contribution in [3.63, 3.8) is 0 Å². The number of anilines is 1. The van der Waals surface area contributed by atoms with Crippen molar-refractivity contribution >= 4 is 44.7 Å². The molecule has 0 saturated carbocycles. The van der Waals surface area contributed by atoms with Gasteiger partial charge in [0.25, 0.3) is 5.91 Å².